The van der Waals surface area contributed by atoms with Gasteiger partial charge in [0, 0.05) is 15.8 Å². The maximum atomic E-state index is 4.68. The highest BCUT2D eigenvalue weighted by molar-refractivity contribution is 7.98. The largest absolute Gasteiger partial charge is 0.241 e. The fourth-order valence-corrected chi connectivity index (χ4v) is 3.55. The molecule has 90 valence electrons. The summed E-state index contributed by atoms with van der Waals surface area (Å²) in [6.45, 7) is 0. The molecule has 0 fully saturated rings. The normalized spacial score (nSPS) is 10.7. The molecule has 1 nitrogen and oxygen atoms in total. The lowest BCUT2D eigenvalue weighted by Crippen LogP contribution is -1.86. The second-order valence-corrected chi connectivity index (χ2v) is 6.33. The van der Waals surface area contributed by atoms with Crippen molar-refractivity contribution in [2.24, 2.45) is 0 Å². The number of aromatic nitrogens is 1. The van der Waals surface area contributed by atoms with Crippen LogP contribution >= 0.6 is 34.4 Å². The lowest BCUT2D eigenvalue weighted by molar-refractivity contribution is 1.15. The van der Waals surface area contributed by atoms with Crippen LogP contribution in [-0.2, 0) is 0 Å². The number of rotatable bonds is 3. The molecule has 0 spiro atoms. The number of hydrogen-bond donors (Lipinski definition) is 0. The minimum atomic E-state index is 1.06. The molecule has 18 heavy (non-hydrogen) atoms. The van der Waals surface area contributed by atoms with Crippen LogP contribution in [0.25, 0.3) is 21.7 Å². The third kappa shape index (κ3) is 2.36. The standard InChI is InChI=1S/C14H11NS3/c1-16-14-8-11(13-3-2-5-18-13)7-12(15-14)10-4-6-17-9-10/h2-9H,1H3. The van der Waals surface area contributed by atoms with Crippen LogP contribution in [0.1, 0.15) is 0 Å². The Morgan fingerprint density at radius 3 is 2.72 bits per heavy atom. The van der Waals surface area contributed by atoms with Crippen LogP contribution < -0.4 is 0 Å². The van der Waals surface area contributed by atoms with Crippen molar-refractivity contribution in [1.29, 1.82) is 0 Å². The number of pyridine rings is 1. The molecule has 0 aliphatic rings. The van der Waals surface area contributed by atoms with Crippen molar-refractivity contribution in [2.45, 2.75) is 5.03 Å². The van der Waals surface area contributed by atoms with Crippen LogP contribution in [-0.4, -0.2) is 11.2 Å². The third-order valence-corrected chi connectivity index (χ3v) is 4.86. The van der Waals surface area contributed by atoms with Gasteiger partial charge < -0.3 is 0 Å². The van der Waals surface area contributed by atoms with E-state index in [0.29, 0.717) is 0 Å². The van der Waals surface area contributed by atoms with Gasteiger partial charge in [-0.2, -0.15) is 11.3 Å². The average molecular weight is 289 g/mol. The lowest BCUT2D eigenvalue weighted by Gasteiger charge is -2.05. The first kappa shape index (κ1) is 12.0. The summed E-state index contributed by atoms with van der Waals surface area (Å²) in [5.41, 5.74) is 3.52. The van der Waals surface area contributed by atoms with Crippen molar-refractivity contribution < 1.29 is 0 Å². The average Bonchev–Trinajstić information content (AvgIpc) is 3.10. The van der Waals surface area contributed by atoms with Crippen molar-refractivity contribution in [2.75, 3.05) is 6.26 Å². The van der Waals surface area contributed by atoms with Gasteiger partial charge in [-0.15, -0.1) is 23.1 Å². The van der Waals surface area contributed by atoms with Crippen LogP contribution in [0.5, 0.6) is 0 Å². The van der Waals surface area contributed by atoms with Gasteiger partial charge in [0.25, 0.3) is 0 Å². The van der Waals surface area contributed by atoms with Crippen molar-refractivity contribution in [3.05, 3.63) is 46.5 Å². The summed E-state index contributed by atoms with van der Waals surface area (Å²) in [5.74, 6) is 0. The van der Waals surface area contributed by atoms with Gasteiger partial charge in [0.2, 0.25) is 0 Å². The molecule has 0 unspecified atom stereocenters. The van der Waals surface area contributed by atoms with Crippen LogP contribution in [0.2, 0.25) is 0 Å². The number of nitrogens with zero attached hydrogens (tertiary/aromatic N) is 1. The molecule has 0 atom stereocenters. The molecular weight excluding hydrogens is 278 g/mol. The predicted molar refractivity (Wildman–Crippen MR) is 82.6 cm³/mol. The summed E-state index contributed by atoms with van der Waals surface area (Å²) in [6, 6.07) is 10.7. The molecule has 0 aliphatic carbocycles. The SMILES string of the molecule is CSc1cc(-c2cccs2)cc(-c2ccsc2)n1. The first-order valence-electron chi connectivity index (χ1n) is 5.49. The van der Waals surface area contributed by atoms with E-state index in [2.05, 4.69) is 57.7 Å². The second kappa shape index (κ2) is 5.26. The first-order valence-corrected chi connectivity index (χ1v) is 8.54. The number of thiophene rings is 2. The minimum absolute atomic E-state index is 1.06. The second-order valence-electron chi connectivity index (χ2n) is 3.77. The Kier molecular flexibility index (Phi) is 3.50. The van der Waals surface area contributed by atoms with Crippen molar-refractivity contribution in [3.63, 3.8) is 0 Å². The molecule has 3 aromatic heterocycles. The van der Waals surface area contributed by atoms with Gasteiger partial charge in [0.05, 0.1) is 10.7 Å². The van der Waals surface area contributed by atoms with Crippen LogP contribution in [0.3, 0.4) is 0 Å². The third-order valence-electron chi connectivity index (χ3n) is 2.63. The van der Waals surface area contributed by atoms with Gasteiger partial charge in [-0.1, -0.05) is 6.07 Å². The Hall–Kier alpha value is -1.10. The fraction of sp³-hybridized carbons (Fsp3) is 0.0714. The molecule has 0 saturated carbocycles. The highest BCUT2D eigenvalue weighted by Crippen LogP contribution is 2.31. The molecular formula is C14H11NS3. The molecule has 0 aromatic carbocycles. The Bertz CT molecular complexity index is 575. The summed E-state index contributed by atoms with van der Waals surface area (Å²) in [7, 11) is 0. The smallest absolute Gasteiger partial charge is 0.0971 e. The maximum absolute atomic E-state index is 4.68. The van der Waals surface area contributed by atoms with Gasteiger partial charge in [-0.05, 0) is 46.8 Å². The Labute approximate surface area is 119 Å². The number of hydrogen-bond acceptors (Lipinski definition) is 4. The molecule has 0 saturated heterocycles. The summed E-state index contributed by atoms with van der Waals surface area (Å²) in [6.07, 6.45) is 2.07. The molecule has 3 rings (SSSR count). The van der Waals surface area contributed by atoms with E-state index in [1.54, 1.807) is 34.4 Å². The molecule has 4 heteroatoms. The quantitative estimate of drug-likeness (QED) is 0.610. The topological polar surface area (TPSA) is 12.9 Å². The Morgan fingerprint density at radius 2 is 2.06 bits per heavy atom. The molecule has 0 N–H and O–H groups in total. The van der Waals surface area contributed by atoms with E-state index in [4.69, 9.17) is 0 Å². The molecule has 0 bridgehead atoms. The minimum Gasteiger partial charge on any atom is -0.241 e. The van der Waals surface area contributed by atoms with Gasteiger partial charge in [-0.25, -0.2) is 4.98 Å². The van der Waals surface area contributed by atoms with E-state index in [9.17, 15) is 0 Å². The van der Waals surface area contributed by atoms with Gasteiger partial charge in [0.15, 0.2) is 0 Å². The highest BCUT2D eigenvalue weighted by Gasteiger charge is 2.07. The van der Waals surface area contributed by atoms with Gasteiger partial charge in [-0.3, -0.25) is 0 Å². The predicted octanol–water partition coefficient (Wildman–Crippen LogP) is 5.26. The van der Waals surface area contributed by atoms with E-state index >= 15 is 0 Å². The molecule has 0 amide bonds. The van der Waals surface area contributed by atoms with Crippen LogP contribution in [0, 0.1) is 0 Å². The van der Waals surface area contributed by atoms with Crippen LogP contribution in [0.4, 0.5) is 0 Å². The van der Waals surface area contributed by atoms with E-state index in [1.165, 1.54) is 16.0 Å². The Morgan fingerprint density at radius 1 is 1.11 bits per heavy atom. The monoisotopic (exact) mass is 289 g/mol. The summed E-state index contributed by atoms with van der Waals surface area (Å²) in [4.78, 5) is 5.97. The zero-order chi connectivity index (χ0) is 12.4. The molecule has 3 aromatic rings. The highest BCUT2D eigenvalue weighted by atomic mass is 32.2. The molecule has 0 radical (unpaired) electrons. The Balaban J connectivity index is 2.13. The van der Waals surface area contributed by atoms with Crippen LogP contribution in [0.15, 0.2) is 51.5 Å². The lowest BCUT2D eigenvalue weighted by atomic mass is 10.1. The molecule has 0 aliphatic heterocycles. The van der Waals surface area contributed by atoms with E-state index in [1.807, 2.05) is 0 Å². The number of thioether (sulfide) groups is 1. The van der Waals surface area contributed by atoms with E-state index < -0.39 is 0 Å². The summed E-state index contributed by atoms with van der Waals surface area (Å²) in [5, 5.41) is 7.42. The zero-order valence-corrected chi connectivity index (χ0v) is 12.2. The van der Waals surface area contributed by atoms with Crippen molar-refractivity contribution in [3.8, 4) is 21.7 Å². The van der Waals surface area contributed by atoms with Crippen molar-refractivity contribution >= 4 is 34.4 Å². The van der Waals surface area contributed by atoms with Gasteiger partial charge >= 0.3 is 0 Å². The van der Waals surface area contributed by atoms with Crippen molar-refractivity contribution in [1.82, 2.24) is 4.98 Å². The zero-order valence-electron chi connectivity index (χ0n) is 9.79. The molecule has 3 heterocycles. The maximum Gasteiger partial charge on any atom is 0.0971 e. The summed E-state index contributed by atoms with van der Waals surface area (Å²) < 4.78 is 0. The van der Waals surface area contributed by atoms with Gasteiger partial charge in [0.1, 0.15) is 0 Å². The first-order chi connectivity index (χ1) is 8.86. The fourth-order valence-electron chi connectivity index (χ4n) is 1.75. The van der Waals surface area contributed by atoms with E-state index in [0.717, 1.165) is 10.7 Å². The summed E-state index contributed by atoms with van der Waals surface area (Å²) >= 11 is 5.16. The van der Waals surface area contributed by atoms with E-state index in [-0.39, 0.29) is 0 Å².